The molecular formula is C18H15NO2Se. The Bertz CT molecular complexity index is 770. The Morgan fingerprint density at radius 3 is 2.41 bits per heavy atom. The second-order valence-electron chi connectivity index (χ2n) is 5.29. The number of amides is 1. The number of fused-ring (bicyclic) bond motifs is 1. The number of hydrogen-bond donors (Lipinski definition) is 1. The van der Waals surface area contributed by atoms with Gasteiger partial charge in [-0.25, -0.2) is 0 Å². The van der Waals surface area contributed by atoms with Gasteiger partial charge >= 0.3 is 135 Å². The molecule has 0 aliphatic carbocycles. The monoisotopic (exact) mass is 357 g/mol. The number of allylic oxidation sites excluding steroid dienone is 1. The fourth-order valence-electron chi connectivity index (χ4n) is 2.57. The van der Waals surface area contributed by atoms with Crippen molar-refractivity contribution in [2.75, 3.05) is 5.32 Å². The SMILES string of the molecule is C=C([Se]c1ccccc1)C1(C)C(=O)C(=O)Nc2ccccc21. The van der Waals surface area contributed by atoms with Crippen LogP contribution in [0.25, 0.3) is 0 Å². The molecule has 2 aromatic rings. The summed E-state index contributed by atoms with van der Waals surface area (Å²) in [6.45, 7) is 5.96. The number of hydrogen-bond acceptors (Lipinski definition) is 2. The van der Waals surface area contributed by atoms with Crippen molar-refractivity contribution >= 4 is 36.8 Å². The molecule has 2 aromatic carbocycles. The van der Waals surface area contributed by atoms with Gasteiger partial charge in [0.15, 0.2) is 0 Å². The Morgan fingerprint density at radius 1 is 1.05 bits per heavy atom. The van der Waals surface area contributed by atoms with E-state index in [2.05, 4.69) is 11.9 Å². The van der Waals surface area contributed by atoms with Gasteiger partial charge in [-0.2, -0.15) is 0 Å². The molecule has 1 heterocycles. The van der Waals surface area contributed by atoms with Crippen molar-refractivity contribution in [1.29, 1.82) is 0 Å². The summed E-state index contributed by atoms with van der Waals surface area (Å²) in [4.78, 5) is 24.6. The minimum atomic E-state index is -0.964. The number of nitrogens with one attached hydrogen (secondary N) is 1. The van der Waals surface area contributed by atoms with Crippen LogP contribution in [-0.4, -0.2) is 26.6 Å². The third-order valence-corrected chi connectivity index (χ3v) is 6.36. The molecule has 1 N–H and O–H groups in total. The average molecular weight is 356 g/mol. The van der Waals surface area contributed by atoms with E-state index in [1.165, 1.54) is 0 Å². The average Bonchev–Trinajstić information content (AvgIpc) is 2.53. The molecule has 22 heavy (non-hydrogen) atoms. The number of carbonyl (C=O) groups is 2. The Kier molecular flexibility index (Phi) is 3.73. The van der Waals surface area contributed by atoms with Gasteiger partial charge in [0.1, 0.15) is 0 Å². The van der Waals surface area contributed by atoms with Crippen LogP contribution >= 0.6 is 0 Å². The maximum atomic E-state index is 12.6. The van der Waals surface area contributed by atoms with E-state index < -0.39 is 17.1 Å². The third kappa shape index (κ3) is 2.31. The molecule has 0 saturated carbocycles. The molecule has 0 saturated heterocycles. The van der Waals surface area contributed by atoms with Crippen LogP contribution in [0, 0.1) is 0 Å². The number of anilines is 1. The van der Waals surface area contributed by atoms with Gasteiger partial charge in [0.2, 0.25) is 0 Å². The summed E-state index contributed by atoms with van der Waals surface area (Å²) >= 11 is -0.0869. The van der Waals surface area contributed by atoms with E-state index in [4.69, 9.17) is 0 Å². The van der Waals surface area contributed by atoms with Gasteiger partial charge < -0.3 is 0 Å². The molecule has 0 bridgehead atoms. The minimum absolute atomic E-state index is 0.0869. The van der Waals surface area contributed by atoms with Gasteiger partial charge in [-0.05, 0) is 0 Å². The summed E-state index contributed by atoms with van der Waals surface area (Å²) in [5, 5.41) is 2.66. The molecule has 1 aliphatic rings. The van der Waals surface area contributed by atoms with E-state index in [0.29, 0.717) is 5.69 Å². The Labute approximate surface area is 135 Å². The van der Waals surface area contributed by atoms with Gasteiger partial charge in [-0.15, -0.1) is 0 Å². The first-order valence-corrected chi connectivity index (χ1v) is 8.62. The Hall–Kier alpha value is -2.16. The number of benzene rings is 2. The van der Waals surface area contributed by atoms with Crippen LogP contribution in [0.1, 0.15) is 12.5 Å². The molecule has 1 unspecified atom stereocenters. The molecule has 4 heteroatoms. The maximum absolute atomic E-state index is 12.6. The molecule has 1 aliphatic heterocycles. The topological polar surface area (TPSA) is 46.2 Å². The molecule has 0 aromatic heterocycles. The number of Topliss-reactive ketones (excluding diaryl/α,β-unsaturated/α-hetero) is 1. The molecule has 1 amide bonds. The number of ketones is 1. The van der Waals surface area contributed by atoms with Crippen LogP contribution in [0.5, 0.6) is 0 Å². The van der Waals surface area contributed by atoms with Gasteiger partial charge in [-0.1, -0.05) is 0 Å². The van der Waals surface area contributed by atoms with Crippen molar-refractivity contribution in [2.24, 2.45) is 0 Å². The summed E-state index contributed by atoms with van der Waals surface area (Å²) in [6, 6.07) is 17.4. The second-order valence-corrected chi connectivity index (χ2v) is 7.74. The first kappa shape index (κ1) is 14.8. The summed E-state index contributed by atoms with van der Waals surface area (Å²) < 4.78 is 1.93. The van der Waals surface area contributed by atoms with E-state index in [-0.39, 0.29) is 15.0 Å². The van der Waals surface area contributed by atoms with E-state index in [9.17, 15) is 9.59 Å². The van der Waals surface area contributed by atoms with Crippen LogP contribution in [-0.2, 0) is 15.0 Å². The summed E-state index contributed by atoms with van der Waals surface area (Å²) in [6.07, 6.45) is 0. The Balaban J connectivity index is 2.05. The molecule has 0 fully saturated rings. The Morgan fingerprint density at radius 2 is 1.68 bits per heavy atom. The summed E-state index contributed by atoms with van der Waals surface area (Å²) in [7, 11) is 0. The first-order valence-electron chi connectivity index (χ1n) is 6.91. The number of carbonyl (C=O) groups excluding carboxylic acids is 2. The summed E-state index contributed by atoms with van der Waals surface area (Å²) in [5.41, 5.74) is 0.552. The van der Waals surface area contributed by atoms with Crippen molar-refractivity contribution in [3.8, 4) is 0 Å². The van der Waals surface area contributed by atoms with E-state index in [0.717, 1.165) is 14.5 Å². The normalized spacial score (nSPS) is 20.2. The quantitative estimate of drug-likeness (QED) is 0.676. The molecule has 3 rings (SSSR count). The zero-order valence-corrected chi connectivity index (χ0v) is 13.8. The second kappa shape index (κ2) is 5.56. The molecule has 1 atom stereocenters. The van der Waals surface area contributed by atoms with Crippen LogP contribution < -0.4 is 9.78 Å². The van der Waals surface area contributed by atoms with Crippen molar-refractivity contribution in [2.45, 2.75) is 12.3 Å². The van der Waals surface area contributed by atoms with Crippen molar-refractivity contribution in [1.82, 2.24) is 0 Å². The fraction of sp³-hybridized carbons (Fsp3) is 0.111. The van der Waals surface area contributed by atoms with Gasteiger partial charge in [0.25, 0.3) is 0 Å². The van der Waals surface area contributed by atoms with Crippen molar-refractivity contribution in [3.63, 3.8) is 0 Å². The van der Waals surface area contributed by atoms with Crippen molar-refractivity contribution in [3.05, 3.63) is 71.2 Å². The molecule has 3 nitrogen and oxygen atoms in total. The third-order valence-electron chi connectivity index (χ3n) is 3.92. The molecule has 0 radical (unpaired) electrons. The van der Waals surface area contributed by atoms with Gasteiger partial charge in [0.05, 0.1) is 0 Å². The molecule has 0 spiro atoms. The predicted octanol–water partition coefficient (Wildman–Crippen LogP) is 2.01. The van der Waals surface area contributed by atoms with Gasteiger partial charge in [-0.3, -0.25) is 0 Å². The molecule has 110 valence electrons. The van der Waals surface area contributed by atoms with Crippen molar-refractivity contribution < 1.29 is 9.59 Å². The van der Waals surface area contributed by atoms with Crippen LogP contribution in [0.15, 0.2) is 65.6 Å². The van der Waals surface area contributed by atoms with E-state index in [1.807, 2.05) is 54.6 Å². The van der Waals surface area contributed by atoms with Crippen LogP contribution in [0.4, 0.5) is 5.69 Å². The van der Waals surface area contributed by atoms with Gasteiger partial charge in [0, 0.05) is 0 Å². The standard InChI is InChI=1S/C18H15NO2Se/c1-12(22-13-8-4-3-5-9-13)18(2)14-10-6-7-11-15(14)19-17(21)16(18)20/h3-11H,1H2,2H3,(H,19,21). The number of rotatable bonds is 3. The number of para-hydroxylation sites is 1. The first-order chi connectivity index (χ1) is 10.5. The zero-order valence-electron chi connectivity index (χ0n) is 12.1. The fourth-order valence-corrected chi connectivity index (χ4v) is 4.63. The van der Waals surface area contributed by atoms with E-state index in [1.54, 1.807) is 6.92 Å². The predicted molar refractivity (Wildman–Crippen MR) is 88.4 cm³/mol. The zero-order chi connectivity index (χ0) is 15.7. The van der Waals surface area contributed by atoms with E-state index >= 15 is 0 Å². The van der Waals surface area contributed by atoms with Crippen LogP contribution in [0.3, 0.4) is 0 Å². The van der Waals surface area contributed by atoms with Crippen LogP contribution in [0.2, 0.25) is 0 Å². The molecular weight excluding hydrogens is 341 g/mol. The summed E-state index contributed by atoms with van der Waals surface area (Å²) in [5.74, 6) is -1.000.